The fourth-order valence-corrected chi connectivity index (χ4v) is 9.85. The van der Waals surface area contributed by atoms with E-state index in [1.54, 1.807) is 0 Å². The van der Waals surface area contributed by atoms with Crippen molar-refractivity contribution in [1.82, 2.24) is 0 Å². The summed E-state index contributed by atoms with van der Waals surface area (Å²) >= 11 is 0. The molecule has 0 amide bonds. The number of rotatable bonds is 10. The minimum Gasteiger partial charge on any atom is -0.455 e. The van der Waals surface area contributed by atoms with Gasteiger partial charge in [0.15, 0.2) is 0 Å². The van der Waals surface area contributed by atoms with Crippen molar-refractivity contribution in [2.75, 3.05) is 0 Å². The van der Waals surface area contributed by atoms with E-state index < -0.39 is 0 Å². The van der Waals surface area contributed by atoms with Gasteiger partial charge in [-0.2, -0.15) is 0 Å². The van der Waals surface area contributed by atoms with Crippen LogP contribution in [0.15, 0.2) is 185 Å². The Morgan fingerprint density at radius 1 is 0.738 bits per heavy atom. The standard InChI is InChI=1S/C54H47NO.C9H10/c1-6-9-24-45-48(37-25-14-13-21-35(37)5)51(54-52-49(45)42-29-18-17-28-40(42)43-30-19-31-47(56-54)50(43)52)44-33-32-41(38-26-15-16-27-39(38)44)46(20-7-2)55-53(34(4)8-3)36-22-11-10-12-23-36;1-8(2)9-6-4-3-5-7-9/h6,9,11,13-19,21-23,25-34,46H,8,10,12,24H2,1-5H3;3-7H,1H2,2H3/b9-6+,55-53?;. The fourth-order valence-electron chi connectivity index (χ4n) is 9.85. The molecule has 9 aromatic rings. The van der Waals surface area contributed by atoms with Crippen molar-refractivity contribution < 1.29 is 4.42 Å². The zero-order valence-electron chi connectivity index (χ0n) is 38.6. The number of hydrogen-bond donors (Lipinski definition) is 0. The molecule has 0 fully saturated rings. The smallest absolute Gasteiger partial charge is 0.144 e. The molecule has 0 spiro atoms. The van der Waals surface area contributed by atoms with Gasteiger partial charge in [0.2, 0.25) is 0 Å². The van der Waals surface area contributed by atoms with Crippen LogP contribution >= 0.6 is 0 Å². The molecule has 8 aromatic carbocycles. The summed E-state index contributed by atoms with van der Waals surface area (Å²) in [5, 5.41) is 9.78. The zero-order valence-corrected chi connectivity index (χ0v) is 38.6. The second kappa shape index (κ2) is 18.9. The van der Waals surface area contributed by atoms with Gasteiger partial charge in [-0.15, -0.1) is 5.92 Å². The van der Waals surface area contributed by atoms with Crippen LogP contribution in [0, 0.1) is 24.7 Å². The van der Waals surface area contributed by atoms with Crippen LogP contribution in [-0.2, 0) is 6.42 Å². The van der Waals surface area contributed by atoms with Gasteiger partial charge in [0.05, 0.1) is 0 Å². The average Bonchev–Trinajstić information content (AvgIpc) is 3.74. The van der Waals surface area contributed by atoms with Crippen molar-refractivity contribution in [3.63, 3.8) is 0 Å². The Hall–Kier alpha value is -7.21. The first-order chi connectivity index (χ1) is 31.8. The molecule has 1 heterocycles. The Balaban J connectivity index is 0.000000531. The number of benzene rings is 8. The number of furan rings is 1. The Labute approximate surface area is 384 Å². The second-order valence-electron chi connectivity index (χ2n) is 17.4. The van der Waals surface area contributed by atoms with Gasteiger partial charge in [-0.05, 0) is 142 Å². The number of fused-ring (bicyclic) bond motifs is 4. The Morgan fingerprint density at radius 3 is 2.12 bits per heavy atom. The lowest BCUT2D eigenvalue weighted by atomic mass is 9.80. The Morgan fingerprint density at radius 2 is 1.43 bits per heavy atom. The molecular formula is C63H57NO. The normalized spacial score (nSPS) is 13.9. The molecular weight excluding hydrogens is 787 g/mol. The maximum atomic E-state index is 7.18. The Kier molecular flexibility index (Phi) is 12.5. The maximum Gasteiger partial charge on any atom is 0.144 e. The minimum atomic E-state index is -0.307. The minimum absolute atomic E-state index is 0.307. The van der Waals surface area contributed by atoms with Crippen LogP contribution in [0.25, 0.3) is 82.1 Å². The molecule has 2 nitrogen and oxygen atoms in total. The highest BCUT2D eigenvalue weighted by Crippen LogP contribution is 2.53. The third-order valence-corrected chi connectivity index (χ3v) is 13.2. The lowest BCUT2D eigenvalue weighted by Crippen LogP contribution is -2.15. The quantitative estimate of drug-likeness (QED) is 0.0583. The second-order valence-corrected chi connectivity index (χ2v) is 17.4. The lowest BCUT2D eigenvalue weighted by Gasteiger charge is -2.23. The topological polar surface area (TPSA) is 25.5 Å². The third kappa shape index (κ3) is 8.02. The Bertz CT molecular complexity index is 3410. The van der Waals surface area contributed by atoms with E-state index in [0.717, 1.165) is 70.2 Å². The molecule has 10 rings (SSSR count). The van der Waals surface area contributed by atoms with Crippen LogP contribution < -0.4 is 0 Å². The summed E-state index contributed by atoms with van der Waals surface area (Å²) in [6.07, 6.45) is 15.3. The van der Waals surface area contributed by atoms with Crippen LogP contribution in [0.5, 0.6) is 0 Å². The SMILES string of the molecule is C=C(C)c1ccccc1.CC#CC(N=C(C1=CCCC=C1)C(C)CC)c1ccc(-c2c(-c3ccccc3C)c(C/C=C/C)c3c4ccccc4c4cccc5oc2c3c54)c2ccccc12. The number of allylic oxidation sites excluding steroid dienone is 7. The number of hydrogen-bond acceptors (Lipinski definition) is 2. The van der Waals surface area contributed by atoms with E-state index in [4.69, 9.17) is 9.41 Å². The van der Waals surface area contributed by atoms with Gasteiger partial charge < -0.3 is 4.42 Å². The summed E-state index contributed by atoms with van der Waals surface area (Å²) in [5.74, 6) is 7.11. The number of aliphatic imine (C=N–C) groups is 1. The molecule has 0 bridgehead atoms. The van der Waals surface area contributed by atoms with Crippen molar-refractivity contribution in [3.05, 3.63) is 198 Å². The van der Waals surface area contributed by atoms with Crippen molar-refractivity contribution in [3.8, 4) is 34.1 Å². The monoisotopic (exact) mass is 843 g/mol. The summed E-state index contributed by atoms with van der Waals surface area (Å²) in [6, 6.07) is 47.6. The molecule has 2 atom stereocenters. The van der Waals surface area contributed by atoms with Gasteiger partial charge in [-0.25, -0.2) is 0 Å². The molecule has 65 heavy (non-hydrogen) atoms. The van der Waals surface area contributed by atoms with Crippen LogP contribution in [-0.4, -0.2) is 5.71 Å². The third-order valence-electron chi connectivity index (χ3n) is 13.2. The van der Waals surface area contributed by atoms with E-state index in [0.29, 0.717) is 5.92 Å². The molecule has 0 radical (unpaired) electrons. The van der Waals surface area contributed by atoms with Gasteiger partial charge >= 0.3 is 0 Å². The van der Waals surface area contributed by atoms with E-state index in [1.807, 2.05) is 32.0 Å². The van der Waals surface area contributed by atoms with Crippen molar-refractivity contribution >= 4 is 65.5 Å². The van der Waals surface area contributed by atoms with Gasteiger partial charge in [-0.1, -0.05) is 190 Å². The molecule has 1 aliphatic rings. The summed E-state index contributed by atoms with van der Waals surface area (Å²) in [4.78, 5) is 5.53. The highest BCUT2D eigenvalue weighted by molar-refractivity contribution is 6.36. The molecule has 1 aliphatic carbocycles. The maximum absolute atomic E-state index is 7.18. The predicted octanol–water partition coefficient (Wildman–Crippen LogP) is 17.8. The summed E-state index contributed by atoms with van der Waals surface area (Å²) in [5.41, 5.74) is 15.0. The van der Waals surface area contributed by atoms with E-state index in [-0.39, 0.29) is 6.04 Å². The van der Waals surface area contributed by atoms with Crippen LogP contribution in [0.4, 0.5) is 0 Å². The van der Waals surface area contributed by atoms with E-state index >= 15 is 0 Å². The van der Waals surface area contributed by atoms with E-state index in [1.165, 1.54) is 71.1 Å². The van der Waals surface area contributed by atoms with Crippen LogP contribution in [0.2, 0.25) is 0 Å². The average molecular weight is 844 g/mol. The fraction of sp³-hybridized carbons (Fsp3) is 0.190. The lowest BCUT2D eigenvalue weighted by molar-refractivity contribution is 0.670. The largest absolute Gasteiger partial charge is 0.455 e. The molecule has 2 heteroatoms. The predicted molar refractivity (Wildman–Crippen MR) is 282 cm³/mol. The number of aryl methyl sites for hydroxylation is 1. The van der Waals surface area contributed by atoms with Gasteiger partial charge in [0, 0.05) is 22.0 Å². The molecule has 0 saturated heterocycles. The molecule has 0 N–H and O–H groups in total. The first kappa shape index (κ1) is 43.1. The van der Waals surface area contributed by atoms with Gasteiger partial charge in [0.1, 0.15) is 17.2 Å². The highest BCUT2D eigenvalue weighted by atomic mass is 16.3. The summed E-state index contributed by atoms with van der Waals surface area (Å²) in [7, 11) is 0. The molecule has 320 valence electrons. The molecule has 0 saturated carbocycles. The van der Waals surface area contributed by atoms with Gasteiger partial charge in [-0.3, -0.25) is 4.99 Å². The first-order valence-corrected chi connectivity index (χ1v) is 23.2. The zero-order chi connectivity index (χ0) is 45.0. The van der Waals surface area contributed by atoms with Crippen molar-refractivity contribution in [2.45, 2.75) is 73.3 Å². The van der Waals surface area contributed by atoms with E-state index in [9.17, 15) is 0 Å². The highest BCUT2D eigenvalue weighted by Gasteiger charge is 2.29. The first-order valence-electron chi connectivity index (χ1n) is 23.2. The van der Waals surface area contributed by atoms with Gasteiger partial charge in [0.25, 0.3) is 0 Å². The van der Waals surface area contributed by atoms with Crippen LogP contribution in [0.1, 0.15) is 82.2 Å². The van der Waals surface area contributed by atoms with Crippen LogP contribution in [0.3, 0.4) is 0 Å². The summed E-state index contributed by atoms with van der Waals surface area (Å²) < 4.78 is 7.18. The molecule has 1 aromatic heterocycles. The van der Waals surface area contributed by atoms with Crippen molar-refractivity contribution in [2.24, 2.45) is 10.9 Å². The summed E-state index contributed by atoms with van der Waals surface area (Å²) in [6.45, 7) is 16.7. The molecule has 2 unspecified atom stereocenters. The molecule has 0 aliphatic heterocycles. The van der Waals surface area contributed by atoms with Crippen molar-refractivity contribution in [1.29, 1.82) is 0 Å². The number of nitrogens with zero attached hydrogens (tertiary/aromatic N) is 1. The van der Waals surface area contributed by atoms with E-state index in [2.05, 4.69) is 192 Å².